The van der Waals surface area contributed by atoms with Crippen molar-refractivity contribution in [2.45, 2.75) is 65.5 Å². The number of piperidine rings is 1. The predicted molar refractivity (Wildman–Crippen MR) is 108 cm³/mol. The number of allylic oxidation sites excluding steroid dienone is 3. The number of hydrogen-bond acceptors (Lipinski definition) is 2. The Hall–Kier alpha value is -1.46. The average Bonchev–Trinajstić information content (AvgIpc) is 3.50. The second-order valence-electron chi connectivity index (χ2n) is 8.92. The highest BCUT2D eigenvalue weighted by molar-refractivity contribution is 5.19. The van der Waals surface area contributed by atoms with Crippen LogP contribution < -0.4 is 0 Å². The van der Waals surface area contributed by atoms with E-state index in [0.29, 0.717) is 11.8 Å². The van der Waals surface area contributed by atoms with Crippen molar-refractivity contribution >= 4 is 0 Å². The third-order valence-electron chi connectivity index (χ3n) is 6.80. The van der Waals surface area contributed by atoms with Crippen molar-refractivity contribution in [1.29, 1.82) is 0 Å². The molecule has 3 rings (SSSR count). The molecule has 0 bridgehead atoms. The molecule has 2 nitrogen and oxygen atoms in total. The molecule has 1 heterocycles. The van der Waals surface area contributed by atoms with E-state index in [2.05, 4.69) is 56.4 Å². The molecule has 0 aromatic rings. The summed E-state index contributed by atoms with van der Waals surface area (Å²) in [6.07, 6.45) is 10.8. The highest BCUT2D eigenvalue weighted by atomic mass is 16.3. The molecule has 0 amide bonds. The summed E-state index contributed by atoms with van der Waals surface area (Å²) in [5.41, 5.74) is 9.24. The van der Waals surface area contributed by atoms with Gasteiger partial charge in [-0.05, 0) is 74.3 Å². The molecule has 3 fully saturated rings. The molecule has 4 unspecified atom stereocenters. The van der Waals surface area contributed by atoms with Crippen LogP contribution in [-0.4, -0.2) is 22.8 Å². The third kappa shape index (κ3) is 3.79. The Morgan fingerprint density at radius 1 is 1.35 bits per heavy atom. The minimum Gasteiger partial charge on any atom is -0.373 e. The molecule has 1 aliphatic heterocycles. The van der Waals surface area contributed by atoms with Crippen LogP contribution in [0.25, 0.3) is 0 Å². The highest BCUT2D eigenvalue weighted by Gasteiger charge is 2.50. The van der Waals surface area contributed by atoms with E-state index >= 15 is 0 Å². The van der Waals surface area contributed by atoms with Crippen LogP contribution in [-0.2, 0) is 0 Å². The highest BCUT2D eigenvalue weighted by Crippen LogP contribution is 2.54. The standard InChI is InChI=1S/C24H35NO/c1-6-9-19-16-21(23(26)25(8-3)22(19)7-2)24(4,5)20(18-13-14-18)15-12-17-10-11-17/h6,15,18-21,23,26H,1-2,8-11,13-14,16H2,3-5H3. The number of aliphatic hydroxyl groups excluding tert-OH is 1. The van der Waals surface area contributed by atoms with E-state index in [-0.39, 0.29) is 11.3 Å². The van der Waals surface area contributed by atoms with Gasteiger partial charge in [-0.2, -0.15) is 0 Å². The summed E-state index contributed by atoms with van der Waals surface area (Å²) in [6.45, 7) is 15.5. The molecule has 1 saturated heterocycles. The van der Waals surface area contributed by atoms with Crippen molar-refractivity contribution < 1.29 is 5.11 Å². The minimum atomic E-state index is -0.469. The lowest BCUT2D eigenvalue weighted by Gasteiger charge is -2.51. The van der Waals surface area contributed by atoms with Crippen molar-refractivity contribution in [3.8, 4) is 0 Å². The quantitative estimate of drug-likeness (QED) is 0.487. The Labute approximate surface area is 159 Å². The van der Waals surface area contributed by atoms with Gasteiger partial charge in [0.15, 0.2) is 0 Å². The Bertz CT molecular complexity index is 650. The van der Waals surface area contributed by atoms with Crippen LogP contribution in [0.4, 0.5) is 0 Å². The average molecular weight is 354 g/mol. The van der Waals surface area contributed by atoms with Crippen LogP contribution in [0, 0.1) is 29.1 Å². The summed E-state index contributed by atoms with van der Waals surface area (Å²) in [4.78, 5) is 2.12. The molecule has 26 heavy (non-hydrogen) atoms. The molecule has 1 N–H and O–H groups in total. The number of hydrogen-bond donors (Lipinski definition) is 1. The van der Waals surface area contributed by atoms with E-state index < -0.39 is 6.23 Å². The SMILES string of the molecule is C=C=C1C(CC=C)CC(C(C)(C)C(C=C=C2CC2)C2CC2)C(O)N1CC. The molecule has 2 heteroatoms. The Morgan fingerprint density at radius 3 is 2.54 bits per heavy atom. The number of likely N-dealkylation sites (tertiary alicyclic amines) is 1. The van der Waals surface area contributed by atoms with Gasteiger partial charge in [0.05, 0.1) is 5.70 Å². The van der Waals surface area contributed by atoms with Crippen LogP contribution in [0.5, 0.6) is 0 Å². The second-order valence-corrected chi connectivity index (χ2v) is 8.92. The molecule has 4 atom stereocenters. The maximum Gasteiger partial charge on any atom is 0.130 e. The first-order valence-electron chi connectivity index (χ1n) is 10.3. The zero-order chi connectivity index (χ0) is 18.9. The van der Waals surface area contributed by atoms with Gasteiger partial charge in [-0.3, -0.25) is 0 Å². The molecular formula is C24H35NO. The molecule has 3 aliphatic rings. The van der Waals surface area contributed by atoms with Gasteiger partial charge in [-0.25, -0.2) is 0 Å². The predicted octanol–water partition coefficient (Wildman–Crippen LogP) is 5.44. The topological polar surface area (TPSA) is 23.5 Å². The van der Waals surface area contributed by atoms with E-state index in [9.17, 15) is 5.11 Å². The Morgan fingerprint density at radius 2 is 2.04 bits per heavy atom. The maximum absolute atomic E-state index is 11.3. The van der Waals surface area contributed by atoms with Crippen molar-refractivity contribution in [2.75, 3.05) is 6.54 Å². The van der Waals surface area contributed by atoms with Gasteiger partial charge in [0.1, 0.15) is 6.23 Å². The fraction of sp³-hybridized carbons (Fsp3) is 0.667. The van der Waals surface area contributed by atoms with E-state index in [0.717, 1.165) is 31.0 Å². The third-order valence-corrected chi connectivity index (χ3v) is 6.80. The lowest BCUT2D eigenvalue weighted by molar-refractivity contribution is -0.106. The zero-order valence-electron chi connectivity index (χ0n) is 16.8. The first-order chi connectivity index (χ1) is 12.4. The fourth-order valence-electron chi connectivity index (χ4n) is 4.91. The van der Waals surface area contributed by atoms with Gasteiger partial charge in [0.2, 0.25) is 0 Å². The van der Waals surface area contributed by atoms with E-state index in [1.165, 1.54) is 31.3 Å². The summed E-state index contributed by atoms with van der Waals surface area (Å²) < 4.78 is 0. The fourth-order valence-corrected chi connectivity index (χ4v) is 4.91. The molecular weight excluding hydrogens is 318 g/mol. The zero-order valence-corrected chi connectivity index (χ0v) is 16.8. The van der Waals surface area contributed by atoms with Crippen molar-refractivity contribution in [1.82, 2.24) is 4.90 Å². The van der Waals surface area contributed by atoms with Gasteiger partial charge < -0.3 is 10.0 Å². The molecule has 0 aromatic heterocycles. The van der Waals surface area contributed by atoms with E-state index in [4.69, 9.17) is 0 Å². The van der Waals surface area contributed by atoms with Crippen LogP contribution >= 0.6 is 0 Å². The smallest absolute Gasteiger partial charge is 0.130 e. The molecule has 142 valence electrons. The Kier molecular flexibility index (Phi) is 5.68. The first kappa shape index (κ1) is 19.3. The normalized spacial score (nSPS) is 29.7. The summed E-state index contributed by atoms with van der Waals surface area (Å²) in [5, 5.41) is 11.3. The first-order valence-corrected chi connectivity index (χ1v) is 10.3. The number of nitrogens with zero attached hydrogens (tertiary/aromatic N) is 1. The van der Waals surface area contributed by atoms with Gasteiger partial charge >= 0.3 is 0 Å². The largest absolute Gasteiger partial charge is 0.373 e. The second kappa shape index (κ2) is 7.65. The summed E-state index contributed by atoms with van der Waals surface area (Å²) in [5.74, 6) is 1.82. The van der Waals surface area contributed by atoms with Gasteiger partial charge in [-0.1, -0.05) is 26.5 Å². The minimum absolute atomic E-state index is 0.0303. The Balaban J connectivity index is 1.92. The summed E-state index contributed by atoms with van der Waals surface area (Å²) in [7, 11) is 0. The molecule has 2 saturated carbocycles. The lowest BCUT2D eigenvalue weighted by atomic mass is 9.62. The van der Waals surface area contributed by atoms with Crippen molar-refractivity contribution in [2.24, 2.45) is 29.1 Å². The van der Waals surface area contributed by atoms with Crippen LogP contribution in [0.15, 0.2) is 48.0 Å². The van der Waals surface area contributed by atoms with Gasteiger partial charge in [-0.15, -0.1) is 18.0 Å². The van der Waals surface area contributed by atoms with Crippen molar-refractivity contribution in [3.05, 3.63) is 48.0 Å². The summed E-state index contributed by atoms with van der Waals surface area (Å²) in [6, 6.07) is 0. The molecule has 0 radical (unpaired) electrons. The molecule has 0 aromatic carbocycles. The number of aliphatic hydroxyl groups is 1. The van der Waals surface area contributed by atoms with E-state index in [1.54, 1.807) is 0 Å². The lowest BCUT2D eigenvalue weighted by Crippen LogP contribution is -2.53. The number of rotatable bonds is 7. The summed E-state index contributed by atoms with van der Waals surface area (Å²) >= 11 is 0. The van der Waals surface area contributed by atoms with Gasteiger partial charge in [0, 0.05) is 18.4 Å². The van der Waals surface area contributed by atoms with Crippen LogP contribution in [0.3, 0.4) is 0 Å². The van der Waals surface area contributed by atoms with Crippen LogP contribution in [0.1, 0.15) is 59.3 Å². The van der Waals surface area contributed by atoms with Gasteiger partial charge in [0.25, 0.3) is 0 Å². The monoisotopic (exact) mass is 353 g/mol. The van der Waals surface area contributed by atoms with Crippen molar-refractivity contribution in [3.63, 3.8) is 0 Å². The van der Waals surface area contributed by atoms with Crippen LogP contribution in [0.2, 0.25) is 0 Å². The van der Waals surface area contributed by atoms with E-state index in [1.807, 2.05) is 6.08 Å². The maximum atomic E-state index is 11.3. The molecule has 2 aliphatic carbocycles. The molecule has 0 spiro atoms.